The van der Waals surface area contributed by atoms with Crippen LogP contribution in [0.25, 0.3) is 0 Å². The molecule has 0 amide bonds. The minimum atomic E-state index is 0.560. The van der Waals surface area contributed by atoms with Crippen LogP contribution in [0.1, 0.15) is 33.6 Å². The highest BCUT2D eigenvalue weighted by Gasteiger charge is 2.12. The minimum Gasteiger partial charge on any atom is -0.494 e. The highest BCUT2D eigenvalue weighted by Crippen LogP contribution is 2.28. The Morgan fingerprint density at radius 1 is 1.08 bits per heavy atom. The molecule has 0 atom stereocenters. The van der Waals surface area contributed by atoms with Crippen LogP contribution in [0.2, 0.25) is 0 Å². The average Bonchev–Trinajstić information content (AvgIpc) is 2.61. The summed E-state index contributed by atoms with van der Waals surface area (Å²) in [6, 6.07) is 7.81. The summed E-state index contributed by atoms with van der Waals surface area (Å²) in [5, 5.41) is 3.25. The van der Waals surface area contributed by atoms with Crippen molar-refractivity contribution in [2.75, 3.05) is 35.6 Å². The minimum absolute atomic E-state index is 0.560. The van der Waals surface area contributed by atoms with Gasteiger partial charge in [0.2, 0.25) is 0 Å². The molecule has 3 N–H and O–H groups in total. The number of benzene rings is 1. The molecule has 0 saturated heterocycles. The van der Waals surface area contributed by atoms with Gasteiger partial charge in [-0.15, -0.1) is 0 Å². The van der Waals surface area contributed by atoms with Crippen molar-refractivity contribution in [3.8, 4) is 5.75 Å². The summed E-state index contributed by atoms with van der Waals surface area (Å²) < 4.78 is 5.67. The maximum absolute atomic E-state index is 6.24. The predicted octanol–water partition coefficient (Wildman–Crippen LogP) is 3.83. The fourth-order valence-electron chi connectivity index (χ4n) is 2.37. The molecule has 6 nitrogen and oxygen atoms in total. The number of nitrogens with zero attached hydrogens (tertiary/aromatic N) is 3. The highest BCUT2D eigenvalue weighted by molar-refractivity contribution is 5.78. The van der Waals surface area contributed by atoms with Gasteiger partial charge in [0, 0.05) is 18.8 Å². The number of ether oxygens (including phenoxy) is 1. The second kappa shape index (κ2) is 8.96. The summed E-state index contributed by atoms with van der Waals surface area (Å²) in [6.45, 7) is 8.75. The predicted molar refractivity (Wildman–Crippen MR) is 100 cm³/mol. The Balaban J connectivity index is 2.09. The Labute approximate surface area is 144 Å². The lowest BCUT2D eigenvalue weighted by atomic mass is 10.3. The molecule has 0 aliphatic heterocycles. The van der Waals surface area contributed by atoms with E-state index >= 15 is 0 Å². The molecule has 0 bridgehead atoms. The Morgan fingerprint density at radius 3 is 2.42 bits per heavy atom. The largest absolute Gasteiger partial charge is 0.494 e. The van der Waals surface area contributed by atoms with Crippen molar-refractivity contribution in [3.63, 3.8) is 0 Å². The maximum Gasteiger partial charge on any atom is 0.159 e. The third-order valence-corrected chi connectivity index (χ3v) is 3.81. The molecule has 2 rings (SSSR count). The van der Waals surface area contributed by atoms with Gasteiger partial charge in [-0.3, -0.25) is 0 Å². The first-order chi connectivity index (χ1) is 11.7. The van der Waals surface area contributed by atoms with Crippen molar-refractivity contribution in [2.24, 2.45) is 0 Å². The third kappa shape index (κ3) is 4.50. The molecule has 24 heavy (non-hydrogen) atoms. The fourth-order valence-corrected chi connectivity index (χ4v) is 2.37. The van der Waals surface area contributed by atoms with Gasteiger partial charge in [-0.05, 0) is 44.5 Å². The van der Waals surface area contributed by atoms with E-state index in [-0.39, 0.29) is 0 Å². The molecular formula is C18H27N5O. The van der Waals surface area contributed by atoms with Gasteiger partial charge in [0.25, 0.3) is 0 Å². The monoisotopic (exact) mass is 329 g/mol. The molecule has 0 fully saturated rings. The third-order valence-electron chi connectivity index (χ3n) is 3.81. The lowest BCUT2D eigenvalue weighted by Crippen LogP contribution is -2.24. The average molecular weight is 329 g/mol. The summed E-state index contributed by atoms with van der Waals surface area (Å²) in [7, 11) is 0. The molecule has 0 saturated carbocycles. The summed E-state index contributed by atoms with van der Waals surface area (Å²) in [5.74, 6) is 2.25. The molecule has 6 heteroatoms. The molecule has 0 spiro atoms. The van der Waals surface area contributed by atoms with Gasteiger partial charge in [-0.2, -0.15) is 0 Å². The first-order valence-electron chi connectivity index (χ1n) is 8.54. The number of nitrogens with one attached hydrogen (secondary N) is 1. The van der Waals surface area contributed by atoms with Crippen molar-refractivity contribution in [1.29, 1.82) is 0 Å². The van der Waals surface area contributed by atoms with Gasteiger partial charge in [0.1, 0.15) is 17.8 Å². The summed E-state index contributed by atoms with van der Waals surface area (Å²) >= 11 is 0. The second-order valence-corrected chi connectivity index (χ2v) is 5.48. The lowest BCUT2D eigenvalue weighted by Gasteiger charge is -2.22. The molecular weight excluding hydrogens is 302 g/mol. The number of nitrogen functional groups attached to an aromatic ring is 1. The van der Waals surface area contributed by atoms with Gasteiger partial charge in [-0.25, -0.2) is 9.97 Å². The van der Waals surface area contributed by atoms with Gasteiger partial charge in [0.05, 0.1) is 6.61 Å². The molecule has 2 aromatic rings. The number of nitrogens with two attached hydrogens (primary N) is 1. The number of hydrogen-bond donors (Lipinski definition) is 2. The molecule has 0 unspecified atom stereocenters. The van der Waals surface area contributed by atoms with Crippen LogP contribution in [-0.4, -0.2) is 29.7 Å². The van der Waals surface area contributed by atoms with Crippen LogP contribution < -0.4 is 20.7 Å². The Kier molecular flexibility index (Phi) is 6.66. The molecule has 0 radical (unpaired) electrons. The topological polar surface area (TPSA) is 76.3 Å². The molecule has 1 heterocycles. The van der Waals surface area contributed by atoms with Crippen LogP contribution in [-0.2, 0) is 0 Å². The van der Waals surface area contributed by atoms with Gasteiger partial charge >= 0.3 is 0 Å². The summed E-state index contributed by atoms with van der Waals surface area (Å²) in [5.41, 5.74) is 7.71. The normalized spacial score (nSPS) is 10.5. The molecule has 130 valence electrons. The molecule has 0 aliphatic rings. The van der Waals surface area contributed by atoms with Gasteiger partial charge < -0.3 is 20.7 Å². The van der Waals surface area contributed by atoms with Crippen molar-refractivity contribution >= 4 is 23.0 Å². The van der Waals surface area contributed by atoms with E-state index in [2.05, 4.69) is 41.0 Å². The quantitative estimate of drug-likeness (QED) is 0.681. The van der Waals surface area contributed by atoms with Crippen LogP contribution in [0.3, 0.4) is 0 Å². The number of aromatic nitrogens is 2. The molecule has 1 aromatic carbocycles. The Morgan fingerprint density at radius 2 is 1.79 bits per heavy atom. The number of anilines is 4. The van der Waals surface area contributed by atoms with Crippen molar-refractivity contribution in [2.45, 2.75) is 33.6 Å². The zero-order chi connectivity index (χ0) is 17.4. The van der Waals surface area contributed by atoms with E-state index in [0.717, 1.165) is 49.8 Å². The van der Waals surface area contributed by atoms with Gasteiger partial charge in [0.15, 0.2) is 11.6 Å². The van der Waals surface area contributed by atoms with E-state index in [4.69, 9.17) is 10.5 Å². The van der Waals surface area contributed by atoms with Crippen LogP contribution in [0, 0.1) is 0 Å². The summed E-state index contributed by atoms with van der Waals surface area (Å²) in [4.78, 5) is 10.7. The molecule has 1 aromatic heterocycles. The van der Waals surface area contributed by atoms with E-state index in [0.29, 0.717) is 11.5 Å². The standard InChI is InChI=1S/C18H27N5O/c1-4-7-12-24-15-10-8-14(9-11-15)22-17-16(19)18(21-13-20-17)23(5-2)6-3/h8-11,13H,4-7,12,19H2,1-3H3,(H,20,21,22). The zero-order valence-corrected chi connectivity index (χ0v) is 14.7. The first kappa shape index (κ1) is 17.8. The smallest absolute Gasteiger partial charge is 0.159 e. The van der Waals surface area contributed by atoms with E-state index in [1.54, 1.807) is 0 Å². The first-order valence-corrected chi connectivity index (χ1v) is 8.54. The number of unbranched alkanes of at least 4 members (excludes halogenated alkanes) is 1. The number of rotatable bonds is 9. The highest BCUT2D eigenvalue weighted by atomic mass is 16.5. The SMILES string of the molecule is CCCCOc1ccc(Nc2ncnc(N(CC)CC)c2N)cc1. The lowest BCUT2D eigenvalue weighted by molar-refractivity contribution is 0.309. The van der Waals surface area contributed by atoms with E-state index in [1.807, 2.05) is 24.3 Å². The van der Waals surface area contributed by atoms with Crippen molar-refractivity contribution in [3.05, 3.63) is 30.6 Å². The van der Waals surface area contributed by atoms with Crippen LogP contribution in [0.5, 0.6) is 5.75 Å². The van der Waals surface area contributed by atoms with E-state index in [1.165, 1.54) is 6.33 Å². The van der Waals surface area contributed by atoms with E-state index < -0.39 is 0 Å². The summed E-state index contributed by atoms with van der Waals surface area (Å²) in [6.07, 6.45) is 3.72. The Hall–Kier alpha value is -2.50. The van der Waals surface area contributed by atoms with Crippen LogP contribution >= 0.6 is 0 Å². The molecule has 0 aliphatic carbocycles. The number of hydrogen-bond acceptors (Lipinski definition) is 6. The zero-order valence-electron chi connectivity index (χ0n) is 14.7. The maximum atomic E-state index is 6.24. The second-order valence-electron chi connectivity index (χ2n) is 5.48. The van der Waals surface area contributed by atoms with Crippen LogP contribution in [0.4, 0.5) is 23.0 Å². The van der Waals surface area contributed by atoms with Crippen molar-refractivity contribution in [1.82, 2.24) is 9.97 Å². The van der Waals surface area contributed by atoms with Crippen molar-refractivity contribution < 1.29 is 4.74 Å². The fraction of sp³-hybridized carbons (Fsp3) is 0.444. The van der Waals surface area contributed by atoms with E-state index in [9.17, 15) is 0 Å². The Bertz CT molecular complexity index is 626. The van der Waals surface area contributed by atoms with Crippen LogP contribution in [0.15, 0.2) is 30.6 Å². The van der Waals surface area contributed by atoms with Gasteiger partial charge in [-0.1, -0.05) is 13.3 Å².